The van der Waals surface area contributed by atoms with Gasteiger partial charge in [-0.1, -0.05) is 40.9 Å². The van der Waals surface area contributed by atoms with E-state index in [1.165, 1.54) is 11.1 Å². The van der Waals surface area contributed by atoms with Crippen molar-refractivity contribution in [2.45, 2.75) is 0 Å². The molecule has 3 aromatic rings. The molecule has 4 heterocycles. The summed E-state index contributed by atoms with van der Waals surface area (Å²) in [6.07, 6.45) is 1.51. The summed E-state index contributed by atoms with van der Waals surface area (Å²) in [6.45, 7) is 4.75. The molecule has 3 aliphatic rings. The normalized spacial score (nSPS) is 17.1. The highest BCUT2D eigenvalue weighted by atomic mass is 35.5. The number of carbonyl (C=O) groups excluding carboxylic acids is 1. The zero-order chi connectivity index (χ0) is 24.8. The van der Waals surface area contributed by atoms with Crippen LogP contribution in [-0.2, 0) is 0 Å². The molecule has 0 aliphatic carbocycles. The average Bonchev–Trinajstić information content (AvgIpc) is 3.36. The molecule has 0 bridgehead atoms. The van der Waals surface area contributed by atoms with Crippen LogP contribution in [0.2, 0.25) is 15.1 Å². The quantitative estimate of drug-likeness (QED) is 0.503. The largest absolute Gasteiger partial charge is 0.368 e. The summed E-state index contributed by atoms with van der Waals surface area (Å²) in [5.41, 5.74) is 2.48. The van der Waals surface area contributed by atoms with Gasteiger partial charge < -0.3 is 15.5 Å². The highest BCUT2D eigenvalue weighted by Crippen LogP contribution is 2.40. The minimum absolute atomic E-state index is 0.337. The summed E-state index contributed by atoms with van der Waals surface area (Å²) < 4.78 is 0. The summed E-state index contributed by atoms with van der Waals surface area (Å²) in [4.78, 5) is 32.7. The molecule has 2 N–H and O–H groups in total. The molecule has 0 spiro atoms. The number of amides is 1. The molecule has 2 aromatic carbocycles. The highest BCUT2D eigenvalue weighted by molar-refractivity contribution is 6.43. The predicted octanol–water partition coefficient (Wildman–Crippen LogP) is 4.43. The molecule has 1 fully saturated rings. The Morgan fingerprint density at radius 3 is 2.50 bits per heavy atom. The Morgan fingerprint density at radius 2 is 1.75 bits per heavy atom. The van der Waals surface area contributed by atoms with E-state index in [2.05, 4.69) is 30.5 Å². The molecule has 0 saturated carbocycles. The molecule has 0 atom stereocenters. The lowest BCUT2D eigenvalue weighted by Crippen LogP contribution is -2.51. The first-order valence-corrected chi connectivity index (χ1v) is 12.6. The maximum Gasteiger partial charge on any atom is 0.270 e. The maximum atomic E-state index is 13.5. The van der Waals surface area contributed by atoms with Crippen LogP contribution in [0.15, 0.2) is 47.6 Å². The number of aromatic nitrogens is 2. The molecular formula is C24H21Cl3N8O. The summed E-state index contributed by atoms with van der Waals surface area (Å²) >= 11 is 19.4. The average molecular weight is 544 g/mol. The number of nitrogens with one attached hydrogen (secondary N) is 2. The number of anilines is 5. The van der Waals surface area contributed by atoms with Crippen molar-refractivity contribution < 1.29 is 4.79 Å². The number of hydrogen-bond donors (Lipinski definition) is 2. The van der Waals surface area contributed by atoms with Crippen LogP contribution in [0.25, 0.3) is 0 Å². The molecule has 36 heavy (non-hydrogen) atoms. The van der Waals surface area contributed by atoms with Crippen LogP contribution in [0.5, 0.6) is 0 Å². The lowest BCUT2D eigenvalue weighted by Gasteiger charge is -2.35. The van der Waals surface area contributed by atoms with Crippen molar-refractivity contribution in [3.05, 3.63) is 63.2 Å². The molecular weight excluding hydrogens is 523 g/mol. The fourth-order valence-corrected chi connectivity index (χ4v) is 5.48. The second-order valence-electron chi connectivity index (χ2n) is 8.50. The third-order valence-electron chi connectivity index (χ3n) is 6.30. The number of guanidine groups is 1. The molecule has 1 amide bonds. The summed E-state index contributed by atoms with van der Waals surface area (Å²) in [5.74, 6) is 0.933. The molecule has 9 nitrogen and oxygen atoms in total. The van der Waals surface area contributed by atoms with Crippen molar-refractivity contribution >= 4 is 75.5 Å². The Morgan fingerprint density at radius 1 is 0.972 bits per heavy atom. The number of rotatable bonds is 4. The van der Waals surface area contributed by atoms with Crippen LogP contribution in [0, 0.1) is 0 Å². The van der Waals surface area contributed by atoms with Gasteiger partial charge in [-0.15, -0.1) is 0 Å². The van der Waals surface area contributed by atoms with Gasteiger partial charge in [0.25, 0.3) is 5.91 Å². The van der Waals surface area contributed by atoms with Gasteiger partial charge in [0.15, 0.2) is 5.82 Å². The molecule has 0 unspecified atom stereocenters. The van der Waals surface area contributed by atoms with Gasteiger partial charge in [-0.05, 0) is 30.3 Å². The van der Waals surface area contributed by atoms with Gasteiger partial charge >= 0.3 is 0 Å². The number of benzene rings is 2. The third-order valence-corrected chi connectivity index (χ3v) is 7.21. The standard InChI is InChI=1S/C24H21Cl3N8O/c25-16-2-1-3-17(26)20(16)35-22(36)15-13-30-23(32-21(15)34-11-8-29-24(34)35)31-14-4-5-19(18(27)12-14)33-9-6-28-7-10-33/h1-5,12-13,28H,6-11H2,(H,30,31,32). The van der Waals surface area contributed by atoms with E-state index in [0.29, 0.717) is 57.1 Å². The summed E-state index contributed by atoms with van der Waals surface area (Å²) in [5, 5.41) is 7.91. The van der Waals surface area contributed by atoms with E-state index in [-0.39, 0.29) is 5.91 Å². The van der Waals surface area contributed by atoms with Gasteiger partial charge in [-0.3, -0.25) is 14.7 Å². The van der Waals surface area contributed by atoms with Crippen LogP contribution >= 0.6 is 34.8 Å². The Hall–Kier alpha value is -3.11. The fourth-order valence-electron chi connectivity index (χ4n) is 4.61. The topological polar surface area (TPSA) is 89.0 Å². The molecule has 184 valence electrons. The van der Waals surface area contributed by atoms with E-state index in [9.17, 15) is 4.79 Å². The zero-order valence-electron chi connectivity index (χ0n) is 19.0. The summed E-state index contributed by atoms with van der Waals surface area (Å²) in [7, 11) is 0. The van der Waals surface area contributed by atoms with Crippen LogP contribution < -0.4 is 25.3 Å². The minimum Gasteiger partial charge on any atom is -0.368 e. The van der Waals surface area contributed by atoms with Gasteiger partial charge in [0, 0.05) is 44.6 Å². The van der Waals surface area contributed by atoms with Crippen molar-refractivity contribution in [2.75, 3.05) is 59.3 Å². The van der Waals surface area contributed by atoms with Crippen molar-refractivity contribution in [2.24, 2.45) is 4.99 Å². The van der Waals surface area contributed by atoms with Gasteiger partial charge in [0.05, 0.1) is 33.0 Å². The first-order chi connectivity index (χ1) is 17.5. The van der Waals surface area contributed by atoms with Crippen LogP contribution in [0.1, 0.15) is 10.4 Å². The first kappa shape index (κ1) is 23.3. The van der Waals surface area contributed by atoms with Gasteiger partial charge in [0.2, 0.25) is 11.9 Å². The van der Waals surface area contributed by atoms with E-state index in [1.54, 1.807) is 18.2 Å². The smallest absolute Gasteiger partial charge is 0.270 e. The molecule has 6 rings (SSSR count). The molecule has 3 aliphatic heterocycles. The Balaban J connectivity index is 1.31. The number of para-hydroxylation sites is 1. The van der Waals surface area contributed by atoms with Crippen LogP contribution in [0.4, 0.5) is 28.8 Å². The monoisotopic (exact) mass is 542 g/mol. The van der Waals surface area contributed by atoms with E-state index < -0.39 is 0 Å². The fraction of sp³-hybridized carbons (Fsp3) is 0.250. The predicted molar refractivity (Wildman–Crippen MR) is 145 cm³/mol. The maximum absolute atomic E-state index is 13.5. The summed E-state index contributed by atoms with van der Waals surface area (Å²) in [6, 6.07) is 10.9. The Labute approximate surface area is 222 Å². The van der Waals surface area contributed by atoms with Gasteiger partial charge in [-0.2, -0.15) is 4.98 Å². The number of carbonyl (C=O) groups is 1. The second kappa shape index (κ2) is 9.40. The number of piperazine rings is 1. The Bertz CT molecular complexity index is 1370. The molecule has 1 saturated heterocycles. The molecule has 12 heteroatoms. The first-order valence-electron chi connectivity index (χ1n) is 11.5. The number of fused-ring (bicyclic) bond motifs is 3. The number of hydrogen-bond acceptors (Lipinski definition) is 8. The lowest BCUT2D eigenvalue weighted by molar-refractivity contribution is 0.1000. The highest BCUT2D eigenvalue weighted by Gasteiger charge is 2.41. The van der Waals surface area contributed by atoms with Crippen molar-refractivity contribution in [3.8, 4) is 0 Å². The van der Waals surface area contributed by atoms with E-state index in [4.69, 9.17) is 34.8 Å². The second-order valence-corrected chi connectivity index (χ2v) is 9.72. The third kappa shape index (κ3) is 4.02. The lowest BCUT2D eigenvalue weighted by atomic mass is 10.1. The van der Waals surface area contributed by atoms with Crippen molar-refractivity contribution in [1.82, 2.24) is 15.3 Å². The van der Waals surface area contributed by atoms with Crippen molar-refractivity contribution in [1.29, 1.82) is 0 Å². The van der Waals surface area contributed by atoms with E-state index in [1.807, 2.05) is 23.1 Å². The number of nitrogens with zero attached hydrogens (tertiary/aromatic N) is 6. The van der Waals surface area contributed by atoms with E-state index in [0.717, 1.165) is 37.6 Å². The number of aliphatic imine (C=N–C) groups is 1. The van der Waals surface area contributed by atoms with E-state index >= 15 is 0 Å². The van der Waals surface area contributed by atoms with Crippen molar-refractivity contribution in [3.63, 3.8) is 0 Å². The van der Waals surface area contributed by atoms with Crippen LogP contribution in [0.3, 0.4) is 0 Å². The minimum atomic E-state index is -0.341. The zero-order valence-corrected chi connectivity index (χ0v) is 21.3. The number of halogens is 3. The van der Waals surface area contributed by atoms with Crippen LogP contribution in [-0.4, -0.2) is 61.1 Å². The Kier molecular flexibility index (Phi) is 6.08. The molecule has 0 radical (unpaired) electrons. The SMILES string of the molecule is O=C1c2cnc(Nc3ccc(N4CCNCC4)c(Cl)c3)nc2N2CCN=C2N1c1c(Cl)cccc1Cl. The van der Waals surface area contributed by atoms with Gasteiger partial charge in [-0.25, -0.2) is 9.88 Å². The molecule has 1 aromatic heterocycles. The van der Waals surface area contributed by atoms with Gasteiger partial charge in [0.1, 0.15) is 5.56 Å².